The Balaban J connectivity index is 0.00000120. The first-order valence-electron chi connectivity index (χ1n) is 7.12. The van der Waals surface area contributed by atoms with Crippen LogP contribution in [0.5, 0.6) is 0 Å². The molecular formula is C16H24ClN. The van der Waals surface area contributed by atoms with E-state index in [1.165, 1.54) is 44.9 Å². The number of fused-ring (bicyclic) bond motifs is 2. The first kappa shape index (κ1) is 13.9. The van der Waals surface area contributed by atoms with Crippen molar-refractivity contribution in [2.75, 3.05) is 7.05 Å². The molecule has 1 aromatic rings. The predicted molar refractivity (Wildman–Crippen MR) is 80.0 cm³/mol. The molecule has 0 fully saturated rings. The van der Waals surface area contributed by atoms with Crippen LogP contribution in [0.3, 0.4) is 0 Å². The summed E-state index contributed by atoms with van der Waals surface area (Å²) in [5.41, 5.74) is 8.49. The smallest absolute Gasteiger partial charge is 0.00763 e. The maximum absolute atomic E-state index is 3.40. The zero-order valence-electron chi connectivity index (χ0n) is 11.5. The molecule has 0 amide bonds. The number of aryl methyl sites for hydroxylation is 2. The van der Waals surface area contributed by atoms with Gasteiger partial charge in [-0.05, 0) is 86.7 Å². The van der Waals surface area contributed by atoms with E-state index in [0.29, 0.717) is 6.04 Å². The Morgan fingerprint density at radius 3 is 2.11 bits per heavy atom. The van der Waals surface area contributed by atoms with E-state index in [-0.39, 0.29) is 12.4 Å². The quantitative estimate of drug-likeness (QED) is 0.885. The Labute approximate surface area is 117 Å². The van der Waals surface area contributed by atoms with Gasteiger partial charge in [0.1, 0.15) is 0 Å². The molecule has 0 bridgehead atoms. The summed E-state index contributed by atoms with van der Waals surface area (Å²) in [6, 6.07) is 3.13. The molecule has 2 aliphatic rings. The first-order chi connectivity index (χ1) is 8.29. The topological polar surface area (TPSA) is 12.0 Å². The second-order valence-corrected chi connectivity index (χ2v) is 5.73. The molecule has 1 nitrogen and oxygen atoms in total. The molecule has 0 heterocycles. The molecule has 1 aromatic carbocycles. The van der Waals surface area contributed by atoms with Crippen molar-refractivity contribution in [2.24, 2.45) is 0 Å². The lowest BCUT2D eigenvalue weighted by atomic mass is 9.90. The zero-order chi connectivity index (χ0) is 11.8. The van der Waals surface area contributed by atoms with Gasteiger partial charge in [0.05, 0.1) is 0 Å². The van der Waals surface area contributed by atoms with Gasteiger partial charge in [0.25, 0.3) is 0 Å². The van der Waals surface area contributed by atoms with Gasteiger partial charge in [0.15, 0.2) is 0 Å². The molecule has 3 rings (SSSR count). The minimum absolute atomic E-state index is 0. The number of likely N-dealkylation sites (N-methyl/N-ethyl adjacent to an activating group) is 1. The third-order valence-corrected chi connectivity index (χ3v) is 4.60. The lowest BCUT2D eigenvalue weighted by Crippen LogP contribution is -2.24. The molecule has 0 aromatic heterocycles. The molecule has 1 N–H and O–H groups in total. The second-order valence-electron chi connectivity index (χ2n) is 5.73. The number of halogens is 1. The summed E-state index contributed by atoms with van der Waals surface area (Å²) >= 11 is 0. The fourth-order valence-corrected chi connectivity index (χ4v) is 3.59. The number of benzene rings is 1. The summed E-state index contributed by atoms with van der Waals surface area (Å²) < 4.78 is 0. The number of nitrogens with one attached hydrogen (secondary N) is 1. The largest absolute Gasteiger partial charge is 0.317 e. The monoisotopic (exact) mass is 265 g/mol. The Morgan fingerprint density at radius 1 is 1.06 bits per heavy atom. The van der Waals surface area contributed by atoms with Crippen molar-refractivity contribution in [3.63, 3.8) is 0 Å². The van der Waals surface area contributed by atoms with E-state index in [1.807, 2.05) is 0 Å². The van der Waals surface area contributed by atoms with Gasteiger partial charge >= 0.3 is 0 Å². The highest BCUT2D eigenvalue weighted by Gasteiger charge is 2.24. The minimum atomic E-state index is 0. The van der Waals surface area contributed by atoms with Crippen molar-refractivity contribution < 1.29 is 0 Å². The van der Waals surface area contributed by atoms with Gasteiger partial charge in [-0.25, -0.2) is 0 Å². The van der Waals surface area contributed by atoms with Crippen molar-refractivity contribution >= 4 is 12.4 Å². The molecule has 1 unspecified atom stereocenters. The first-order valence-corrected chi connectivity index (χ1v) is 7.12. The summed E-state index contributed by atoms with van der Waals surface area (Å²) in [5.74, 6) is 0. The molecular weight excluding hydrogens is 242 g/mol. The van der Waals surface area contributed by atoms with E-state index in [2.05, 4.69) is 25.4 Å². The van der Waals surface area contributed by atoms with Crippen molar-refractivity contribution in [1.29, 1.82) is 0 Å². The average molecular weight is 266 g/mol. The SMILES string of the molecule is CNC(C)Cc1c2c(cc3c1CCC3)CCC2.Cl. The zero-order valence-corrected chi connectivity index (χ0v) is 12.3. The van der Waals surface area contributed by atoms with Gasteiger partial charge in [0.2, 0.25) is 0 Å². The Kier molecular flexibility index (Phi) is 4.34. The van der Waals surface area contributed by atoms with E-state index in [4.69, 9.17) is 0 Å². The van der Waals surface area contributed by atoms with E-state index in [9.17, 15) is 0 Å². The van der Waals surface area contributed by atoms with Crippen LogP contribution in [0.2, 0.25) is 0 Å². The summed E-state index contributed by atoms with van der Waals surface area (Å²) in [4.78, 5) is 0. The molecule has 18 heavy (non-hydrogen) atoms. The van der Waals surface area contributed by atoms with Crippen LogP contribution in [0.25, 0.3) is 0 Å². The van der Waals surface area contributed by atoms with Crippen molar-refractivity contribution in [3.05, 3.63) is 33.9 Å². The van der Waals surface area contributed by atoms with Crippen molar-refractivity contribution in [3.8, 4) is 0 Å². The van der Waals surface area contributed by atoms with Crippen LogP contribution in [-0.4, -0.2) is 13.1 Å². The van der Waals surface area contributed by atoms with Gasteiger partial charge in [0, 0.05) is 6.04 Å². The molecule has 0 spiro atoms. The fraction of sp³-hybridized carbons (Fsp3) is 0.625. The molecule has 2 heteroatoms. The van der Waals surface area contributed by atoms with E-state index in [1.54, 1.807) is 27.8 Å². The summed E-state index contributed by atoms with van der Waals surface area (Å²) in [6.07, 6.45) is 9.27. The average Bonchev–Trinajstić information content (AvgIpc) is 2.96. The maximum atomic E-state index is 3.40. The lowest BCUT2D eigenvalue weighted by molar-refractivity contribution is 0.603. The normalized spacial score (nSPS) is 18.1. The third kappa shape index (κ3) is 2.31. The van der Waals surface area contributed by atoms with Gasteiger partial charge in [-0.1, -0.05) is 6.07 Å². The molecule has 0 saturated carbocycles. The fourth-order valence-electron chi connectivity index (χ4n) is 3.59. The summed E-state index contributed by atoms with van der Waals surface area (Å²) in [6.45, 7) is 2.30. The molecule has 2 aliphatic carbocycles. The van der Waals surface area contributed by atoms with Crippen LogP contribution < -0.4 is 5.32 Å². The number of hydrogen-bond donors (Lipinski definition) is 1. The van der Waals surface area contributed by atoms with Crippen LogP contribution in [0.4, 0.5) is 0 Å². The van der Waals surface area contributed by atoms with E-state index >= 15 is 0 Å². The van der Waals surface area contributed by atoms with E-state index in [0.717, 1.165) is 0 Å². The van der Waals surface area contributed by atoms with Crippen LogP contribution >= 0.6 is 12.4 Å². The molecule has 1 atom stereocenters. The van der Waals surface area contributed by atoms with Crippen LogP contribution in [0.15, 0.2) is 6.07 Å². The predicted octanol–water partition coefficient (Wildman–Crippen LogP) is 3.24. The van der Waals surface area contributed by atoms with Crippen molar-refractivity contribution in [2.45, 2.75) is 57.9 Å². The van der Waals surface area contributed by atoms with Gasteiger partial charge in [-0.15, -0.1) is 12.4 Å². The van der Waals surface area contributed by atoms with Gasteiger partial charge in [-0.3, -0.25) is 0 Å². The molecule has 100 valence electrons. The van der Waals surface area contributed by atoms with Crippen LogP contribution in [0.1, 0.15) is 47.6 Å². The molecule has 0 saturated heterocycles. The summed E-state index contributed by atoms with van der Waals surface area (Å²) in [5, 5.41) is 3.40. The Morgan fingerprint density at radius 2 is 1.61 bits per heavy atom. The molecule has 0 radical (unpaired) electrons. The summed E-state index contributed by atoms with van der Waals surface area (Å²) in [7, 11) is 2.08. The highest BCUT2D eigenvalue weighted by atomic mass is 35.5. The minimum Gasteiger partial charge on any atom is -0.317 e. The standard InChI is InChI=1S/C16H23N.ClH/c1-11(17-2)9-16-14-7-3-5-12(14)10-13-6-4-8-15(13)16;/h10-11,17H,3-9H2,1-2H3;1H. The van der Waals surface area contributed by atoms with Crippen LogP contribution in [-0.2, 0) is 32.1 Å². The highest BCUT2D eigenvalue weighted by Crippen LogP contribution is 2.35. The molecule has 0 aliphatic heterocycles. The number of rotatable bonds is 3. The third-order valence-electron chi connectivity index (χ3n) is 4.60. The Bertz CT molecular complexity index is 407. The Hall–Kier alpha value is -0.530. The van der Waals surface area contributed by atoms with Crippen molar-refractivity contribution in [1.82, 2.24) is 5.32 Å². The van der Waals surface area contributed by atoms with Gasteiger partial charge in [-0.2, -0.15) is 0 Å². The number of hydrogen-bond acceptors (Lipinski definition) is 1. The maximum Gasteiger partial charge on any atom is 0.00763 e. The van der Waals surface area contributed by atoms with E-state index < -0.39 is 0 Å². The van der Waals surface area contributed by atoms with Crippen LogP contribution in [0, 0.1) is 0 Å². The second kappa shape index (κ2) is 5.63. The van der Waals surface area contributed by atoms with Gasteiger partial charge < -0.3 is 5.32 Å². The lowest BCUT2D eigenvalue weighted by Gasteiger charge is -2.18. The highest BCUT2D eigenvalue weighted by molar-refractivity contribution is 5.85.